The van der Waals surface area contributed by atoms with E-state index in [2.05, 4.69) is 10.5 Å². The molecule has 132 valence electrons. The monoisotopic (exact) mass is 376 g/mol. The van der Waals surface area contributed by atoms with Gasteiger partial charge in [-0.25, -0.2) is 5.43 Å². The van der Waals surface area contributed by atoms with Crippen LogP contribution in [-0.4, -0.2) is 24.0 Å². The van der Waals surface area contributed by atoms with Crippen molar-refractivity contribution >= 4 is 35.5 Å². The molecule has 2 aromatic rings. The average Bonchev–Trinajstić information content (AvgIpc) is 2.56. The van der Waals surface area contributed by atoms with Crippen molar-refractivity contribution in [2.45, 2.75) is 25.7 Å². The Morgan fingerprint density at radius 2 is 2.04 bits per heavy atom. The molecule has 0 radical (unpaired) electrons. The highest BCUT2D eigenvalue weighted by atomic mass is 35.5. The molecule has 1 amide bonds. The van der Waals surface area contributed by atoms with E-state index in [0.29, 0.717) is 10.8 Å². The van der Waals surface area contributed by atoms with Crippen LogP contribution in [0.4, 0.5) is 0 Å². The van der Waals surface area contributed by atoms with Crippen molar-refractivity contribution in [3.05, 3.63) is 64.7 Å². The average molecular weight is 377 g/mol. The van der Waals surface area contributed by atoms with Gasteiger partial charge in [-0.2, -0.15) is 5.10 Å². The highest BCUT2D eigenvalue weighted by Gasteiger charge is 2.01. The number of hydrogen-bond acceptors (Lipinski definition) is 4. The Bertz CT molecular complexity index is 718. The van der Waals surface area contributed by atoms with Gasteiger partial charge in [-0.3, -0.25) is 4.79 Å². The predicted octanol–water partition coefficient (Wildman–Crippen LogP) is 4.51. The van der Waals surface area contributed by atoms with Crippen molar-refractivity contribution in [1.29, 1.82) is 0 Å². The molecule has 4 nitrogen and oxygen atoms in total. The molecule has 25 heavy (non-hydrogen) atoms. The third-order valence-electron chi connectivity index (χ3n) is 3.05. The van der Waals surface area contributed by atoms with Crippen LogP contribution in [0.3, 0.4) is 0 Å². The summed E-state index contributed by atoms with van der Waals surface area (Å²) in [6.45, 7) is 3.96. The van der Waals surface area contributed by atoms with Crippen LogP contribution in [0.1, 0.15) is 25.0 Å². The summed E-state index contributed by atoms with van der Waals surface area (Å²) in [6, 6.07) is 15.2. The van der Waals surface area contributed by atoms with E-state index >= 15 is 0 Å². The zero-order valence-corrected chi connectivity index (χ0v) is 15.8. The second kappa shape index (κ2) is 10.1. The third kappa shape index (κ3) is 7.63. The van der Waals surface area contributed by atoms with Gasteiger partial charge in [-0.15, -0.1) is 11.8 Å². The number of nitrogens with one attached hydrogen (secondary N) is 1. The first-order chi connectivity index (χ1) is 12.0. The van der Waals surface area contributed by atoms with Gasteiger partial charge in [0.25, 0.3) is 0 Å². The van der Waals surface area contributed by atoms with E-state index in [4.69, 9.17) is 16.3 Å². The molecule has 2 aromatic carbocycles. The maximum Gasteiger partial charge on any atom is 0.250 e. The number of amides is 1. The van der Waals surface area contributed by atoms with Crippen molar-refractivity contribution in [1.82, 2.24) is 5.43 Å². The van der Waals surface area contributed by atoms with Crippen LogP contribution in [0.2, 0.25) is 5.02 Å². The van der Waals surface area contributed by atoms with E-state index in [1.54, 1.807) is 6.21 Å². The Kier molecular flexibility index (Phi) is 7.82. The van der Waals surface area contributed by atoms with Gasteiger partial charge < -0.3 is 4.74 Å². The Morgan fingerprint density at radius 3 is 2.72 bits per heavy atom. The summed E-state index contributed by atoms with van der Waals surface area (Å²) in [5.74, 6) is 1.75. The standard InChI is InChI=1S/C19H21ClN2O2S/c1-14(2)24-18-8-6-15(7-9-18)11-21-22-19(23)13-25-12-16-4-3-5-17(20)10-16/h3-11,14H,12-13H2,1-2H3,(H,22,23)/b21-11+. The molecular formula is C19H21ClN2O2S. The lowest BCUT2D eigenvalue weighted by Gasteiger charge is -2.09. The molecule has 0 fully saturated rings. The summed E-state index contributed by atoms with van der Waals surface area (Å²) in [7, 11) is 0. The van der Waals surface area contributed by atoms with Crippen LogP contribution < -0.4 is 10.2 Å². The molecule has 0 atom stereocenters. The number of carbonyl (C=O) groups excluding carboxylic acids is 1. The summed E-state index contributed by atoms with van der Waals surface area (Å²) in [6.07, 6.45) is 1.75. The molecule has 6 heteroatoms. The number of halogens is 1. The van der Waals surface area contributed by atoms with Gasteiger partial charge in [-0.05, 0) is 61.4 Å². The van der Waals surface area contributed by atoms with Gasteiger partial charge in [0.05, 0.1) is 18.1 Å². The predicted molar refractivity (Wildman–Crippen MR) is 106 cm³/mol. The van der Waals surface area contributed by atoms with Gasteiger partial charge >= 0.3 is 0 Å². The molecule has 0 unspecified atom stereocenters. The smallest absolute Gasteiger partial charge is 0.250 e. The van der Waals surface area contributed by atoms with Crippen LogP contribution in [0.5, 0.6) is 5.75 Å². The van der Waals surface area contributed by atoms with Gasteiger partial charge in [0.2, 0.25) is 5.91 Å². The number of carbonyl (C=O) groups is 1. The highest BCUT2D eigenvalue weighted by molar-refractivity contribution is 7.99. The topological polar surface area (TPSA) is 50.7 Å². The van der Waals surface area contributed by atoms with Gasteiger partial charge in [0.15, 0.2) is 0 Å². The van der Waals surface area contributed by atoms with Crippen molar-refractivity contribution in [3.63, 3.8) is 0 Å². The maximum absolute atomic E-state index is 11.8. The molecular weight excluding hydrogens is 356 g/mol. The first-order valence-electron chi connectivity index (χ1n) is 7.94. The summed E-state index contributed by atoms with van der Waals surface area (Å²) >= 11 is 7.45. The Balaban J connectivity index is 1.71. The molecule has 0 saturated heterocycles. The van der Waals surface area contributed by atoms with Crippen molar-refractivity contribution in [3.8, 4) is 5.75 Å². The van der Waals surface area contributed by atoms with Crippen LogP contribution in [0, 0.1) is 0 Å². The molecule has 0 spiro atoms. The van der Waals surface area contributed by atoms with Gasteiger partial charge in [0.1, 0.15) is 5.75 Å². The van der Waals surface area contributed by atoms with Crippen LogP contribution in [0.15, 0.2) is 53.6 Å². The number of nitrogens with zero attached hydrogens (tertiary/aromatic N) is 1. The minimum absolute atomic E-state index is 0.136. The molecule has 0 aliphatic rings. The maximum atomic E-state index is 11.8. The van der Waals surface area contributed by atoms with Gasteiger partial charge in [0, 0.05) is 10.8 Å². The third-order valence-corrected chi connectivity index (χ3v) is 4.28. The molecule has 0 bridgehead atoms. The summed E-state index contributed by atoms with van der Waals surface area (Å²) in [5, 5.41) is 4.68. The second-order valence-corrected chi connectivity index (χ2v) is 7.07. The molecule has 2 rings (SSSR count). The fourth-order valence-corrected chi connectivity index (χ4v) is 2.98. The van der Waals surface area contributed by atoms with E-state index < -0.39 is 0 Å². The molecule has 0 aliphatic carbocycles. The fourth-order valence-electron chi connectivity index (χ4n) is 2.00. The minimum Gasteiger partial charge on any atom is -0.491 e. The first-order valence-corrected chi connectivity index (χ1v) is 9.47. The van der Waals surface area contributed by atoms with Crippen molar-refractivity contribution in [2.24, 2.45) is 5.10 Å². The van der Waals surface area contributed by atoms with Crippen LogP contribution in [-0.2, 0) is 10.5 Å². The SMILES string of the molecule is CC(C)Oc1ccc(/C=N/NC(=O)CSCc2cccc(Cl)c2)cc1. The number of hydrogen-bond donors (Lipinski definition) is 1. The summed E-state index contributed by atoms with van der Waals surface area (Å²) in [5.41, 5.74) is 4.51. The first kappa shape index (κ1) is 19.3. The molecule has 0 aliphatic heterocycles. The van der Waals surface area contributed by atoms with E-state index in [0.717, 1.165) is 22.6 Å². The lowest BCUT2D eigenvalue weighted by molar-refractivity contribution is -0.118. The highest BCUT2D eigenvalue weighted by Crippen LogP contribution is 2.16. The molecule has 0 aromatic heterocycles. The minimum atomic E-state index is -0.136. The lowest BCUT2D eigenvalue weighted by atomic mass is 10.2. The number of thioether (sulfide) groups is 1. The van der Waals surface area contributed by atoms with E-state index in [-0.39, 0.29) is 12.0 Å². The fraction of sp³-hybridized carbons (Fsp3) is 0.263. The zero-order valence-electron chi connectivity index (χ0n) is 14.2. The quantitative estimate of drug-likeness (QED) is 0.544. The molecule has 0 saturated carbocycles. The Morgan fingerprint density at radius 1 is 1.28 bits per heavy atom. The van der Waals surface area contributed by atoms with E-state index in [9.17, 15) is 4.79 Å². The molecule has 1 N–H and O–H groups in total. The van der Waals surface area contributed by atoms with Gasteiger partial charge in [-0.1, -0.05) is 23.7 Å². The largest absolute Gasteiger partial charge is 0.491 e. The van der Waals surface area contributed by atoms with E-state index in [1.165, 1.54) is 11.8 Å². The van der Waals surface area contributed by atoms with Crippen LogP contribution >= 0.6 is 23.4 Å². The van der Waals surface area contributed by atoms with Crippen LogP contribution in [0.25, 0.3) is 0 Å². The molecule has 0 heterocycles. The Hall–Kier alpha value is -1.98. The second-order valence-electron chi connectivity index (χ2n) is 5.65. The van der Waals surface area contributed by atoms with Crippen molar-refractivity contribution in [2.75, 3.05) is 5.75 Å². The summed E-state index contributed by atoms with van der Waals surface area (Å²) < 4.78 is 5.57. The Labute approximate surface area is 157 Å². The normalized spacial score (nSPS) is 11.0. The number of ether oxygens (including phenoxy) is 1. The number of rotatable bonds is 8. The number of benzene rings is 2. The summed E-state index contributed by atoms with van der Waals surface area (Å²) in [4.78, 5) is 11.8. The van der Waals surface area contributed by atoms with E-state index in [1.807, 2.05) is 62.4 Å². The lowest BCUT2D eigenvalue weighted by Crippen LogP contribution is -2.19. The number of hydrazone groups is 1. The van der Waals surface area contributed by atoms with Crippen molar-refractivity contribution < 1.29 is 9.53 Å². The zero-order chi connectivity index (χ0) is 18.1.